The fourth-order valence-electron chi connectivity index (χ4n) is 3.74. The van der Waals surface area contributed by atoms with Gasteiger partial charge < -0.3 is 39.0 Å². The molecule has 0 atom stereocenters. The number of nitrogens with one attached hydrogen (secondary N) is 2. The molecule has 0 amide bonds. The van der Waals surface area contributed by atoms with Crippen molar-refractivity contribution < 1.29 is 23.5 Å². The van der Waals surface area contributed by atoms with E-state index >= 15 is 0 Å². The van der Waals surface area contributed by atoms with E-state index in [0.717, 1.165) is 56.3 Å². The molecular weight excluding hydrogens is 509 g/mol. The summed E-state index contributed by atoms with van der Waals surface area (Å²) in [6.45, 7) is 5.00. The van der Waals surface area contributed by atoms with Crippen LogP contribution >= 0.6 is 23.2 Å². The Bertz CT molecular complexity index is 838. The second-order valence-corrected chi connectivity index (χ2v) is 12.0. The first-order valence-corrected chi connectivity index (χ1v) is 14.3. The number of para-hydroxylation sites is 2. The van der Waals surface area contributed by atoms with Crippen LogP contribution in [0.1, 0.15) is 17.5 Å². The Morgan fingerprint density at radius 1 is 0.771 bits per heavy atom. The van der Waals surface area contributed by atoms with E-state index in [1.54, 1.807) is 33.5 Å². The minimum Gasteiger partial charge on any atom is -0.506 e. The summed E-state index contributed by atoms with van der Waals surface area (Å²) in [5.41, 5.74) is 1.53. The molecule has 11 heteroatoms. The molecule has 0 fully saturated rings. The standard InChI is InChI=1S/C24H37Cl2N3O5Si/c1-32-35(33-2,34-3)16-6-13-29(14-11-27-17-19-7-4-9-21(25)23(19)30)15-12-28-18-20-8-5-10-22(26)24(20)31/h4-5,7-10,27-28,30-31H,6,11-18H2,1-3H3. The van der Waals surface area contributed by atoms with Crippen LogP contribution in [0, 0.1) is 0 Å². The van der Waals surface area contributed by atoms with Crippen molar-refractivity contribution in [2.45, 2.75) is 25.6 Å². The van der Waals surface area contributed by atoms with E-state index in [1.165, 1.54) is 0 Å². The van der Waals surface area contributed by atoms with Crippen LogP contribution in [-0.2, 0) is 26.4 Å². The largest absolute Gasteiger partial charge is 0.506 e. The molecule has 0 aliphatic carbocycles. The number of hydrogen-bond acceptors (Lipinski definition) is 8. The molecule has 0 aromatic heterocycles. The van der Waals surface area contributed by atoms with Gasteiger partial charge in [-0.15, -0.1) is 0 Å². The average Bonchev–Trinajstić information content (AvgIpc) is 2.86. The van der Waals surface area contributed by atoms with Gasteiger partial charge in [0.05, 0.1) is 10.0 Å². The number of halogens is 2. The number of nitrogens with zero attached hydrogens (tertiary/aromatic N) is 1. The minimum absolute atomic E-state index is 0.118. The van der Waals surface area contributed by atoms with Gasteiger partial charge in [0.25, 0.3) is 0 Å². The van der Waals surface area contributed by atoms with E-state index in [1.807, 2.05) is 24.3 Å². The van der Waals surface area contributed by atoms with Crippen molar-refractivity contribution in [1.82, 2.24) is 15.5 Å². The van der Waals surface area contributed by atoms with Crippen molar-refractivity contribution in [3.05, 3.63) is 57.6 Å². The molecule has 0 radical (unpaired) electrons. The van der Waals surface area contributed by atoms with Crippen molar-refractivity contribution in [2.75, 3.05) is 54.1 Å². The van der Waals surface area contributed by atoms with Gasteiger partial charge in [-0.3, -0.25) is 0 Å². The van der Waals surface area contributed by atoms with Gasteiger partial charge >= 0.3 is 8.80 Å². The number of hydrogen-bond donors (Lipinski definition) is 4. The van der Waals surface area contributed by atoms with Gasteiger partial charge in [0.1, 0.15) is 11.5 Å². The van der Waals surface area contributed by atoms with Crippen molar-refractivity contribution in [1.29, 1.82) is 0 Å². The third-order valence-electron chi connectivity index (χ3n) is 5.87. The lowest BCUT2D eigenvalue weighted by Gasteiger charge is -2.27. The quantitative estimate of drug-likeness (QED) is 0.176. The molecule has 2 aromatic carbocycles. The number of aromatic hydroxyl groups is 2. The van der Waals surface area contributed by atoms with E-state index < -0.39 is 8.80 Å². The van der Waals surface area contributed by atoms with Crippen LogP contribution in [0.2, 0.25) is 16.1 Å². The highest BCUT2D eigenvalue weighted by Gasteiger charge is 2.37. The Labute approximate surface area is 219 Å². The summed E-state index contributed by atoms with van der Waals surface area (Å²) in [7, 11) is 2.27. The van der Waals surface area contributed by atoms with Crippen LogP contribution in [-0.4, -0.2) is 78.0 Å². The molecule has 0 saturated carbocycles. The smallest absolute Gasteiger partial charge is 0.500 e. The average molecular weight is 547 g/mol. The van der Waals surface area contributed by atoms with Gasteiger partial charge in [-0.1, -0.05) is 47.5 Å². The third-order valence-corrected chi connectivity index (χ3v) is 9.31. The minimum atomic E-state index is -2.61. The first-order chi connectivity index (χ1) is 16.9. The summed E-state index contributed by atoms with van der Waals surface area (Å²) < 4.78 is 16.6. The highest BCUT2D eigenvalue weighted by atomic mass is 35.5. The molecule has 0 aliphatic rings. The fourth-order valence-corrected chi connectivity index (χ4v) is 5.83. The van der Waals surface area contributed by atoms with E-state index in [9.17, 15) is 10.2 Å². The highest BCUT2D eigenvalue weighted by Crippen LogP contribution is 2.27. The Morgan fingerprint density at radius 3 is 1.66 bits per heavy atom. The maximum absolute atomic E-state index is 10.1. The Kier molecular flexibility index (Phi) is 13.3. The third kappa shape index (κ3) is 9.53. The molecule has 196 valence electrons. The lowest BCUT2D eigenvalue weighted by atomic mass is 10.2. The molecule has 0 spiro atoms. The second kappa shape index (κ2) is 15.7. The van der Waals surface area contributed by atoms with Crippen molar-refractivity contribution in [3.8, 4) is 11.5 Å². The molecule has 0 heterocycles. The number of phenolic OH excluding ortho intramolecular Hbond substituents is 2. The molecular formula is C24H37Cl2N3O5Si. The summed E-state index contributed by atoms with van der Waals surface area (Å²) in [4.78, 5) is 2.34. The first-order valence-electron chi connectivity index (χ1n) is 11.6. The van der Waals surface area contributed by atoms with E-state index in [4.69, 9.17) is 36.5 Å². The number of phenols is 2. The molecule has 0 bridgehead atoms. The zero-order valence-corrected chi connectivity index (χ0v) is 23.2. The van der Waals surface area contributed by atoms with E-state index in [0.29, 0.717) is 23.1 Å². The lowest BCUT2D eigenvalue weighted by molar-refractivity contribution is 0.121. The maximum Gasteiger partial charge on any atom is 0.500 e. The van der Waals surface area contributed by atoms with E-state index in [2.05, 4.69) is 15.5 Å². The fraction of sp³-hybridized carbons (Fsp3) is 0.500. The lowest BCUT2D eigenvalue weighted by Crippen LogP contribution is -2.44. The van der Waals surface area contributed by atoms with Crippen LogP contribution in [0.15, 0.2) is 36.4 Å². The van der Waals surface area contributed by atoms with E-state index in [-0.39, 0.29) is 11.5 Å². The maximum atomic E-state index is 10.1. The molecule has 4 N–H and O–H groups in total. The normalized spacial score (nSPS) is 11.9. The van der Waals surface area contributed by atoms with Crippen LogP contribution < -0.4 is 10.6 Å². The predicted octanol–water partition coefficient (Wildman–Crippen LogP) is 3.85. The van der Waals surface area contributed by atoms with Crippen molar-refractivity contribution >= 4 is 32.0 Å². The van der Waals surface area contributed by atoms with Crippen molar-refractivity contribution in [2.24, 2.45) is 0 Å². The monoisotopic (exact) mass is 545 g/mol. The first kappa shape index (κ1) is 29.8. The van der Waals surface area contributed by atoms with Crippen LogP contribution in [0.25, 0.3) is 0 Å². The Morgan fingerprint density at radius 2 is 1.23 bits per heavy atom. The molecule has 35 heavy (non-hydrogen) atoms. The molecule has 0 aliphatic heterocycles. The zero-order chi connectivity index (χ0) is 25.7. The molecule has 8 nitrogen and oxygen atoms in total. The summed E-state index contributed by atoms with van der Waals surface area (Å²) in [5, 5.41) is 27.6. The second-order valence-electron chi connectivity index (χ2n) is 8.09. The number of benzene rings is 2. The SMILES string of the molecule is CO[Si](CCCN(CCNCc1cccc(Cl)c1O)CCNCc1cccc(Cl)c1O)(OC)OC. The highest BCUT2D eigenvalue weighted by molar-refractivity contribution is 6.60. The van der Waals surface area contributed by atoms with Gasteiger partial charge in [0.15, 0.2) is 0 Å². The summed E-state index contributed by atoms with van der Waals surface area (Å²) in [6.07, 6.45) is 0.867. The van der Waals surface area contributed by atoms with Gasteiger partial charge in [-0.25, -0.2) is 0 Å². The zero-order valence-electron chi connectivity index (χ0n) is 20.7. The van der Waals surface area contributed by atoms with Crippen LogP contribution in [0.4, 0.5) is 0 Å². The van der Waals surface area contributed by atoms with Gasteiger partial charge in [0.2, 0.25) is 0 Å². The predicted molar refractivity (Wildman–Crippen MR) is 142 cm³/mol. The van der Waals surface area contributed by atoms with Crippen molar-refractivity contribution in [3.63, 3.8) is 0 Å². The summed E-state index contributed by atoms with van der Waals surface area (Å²) >= 11 is 12.0. The molecule has 2 aromatic rings. The summed E-state index contributed by atoms with van der Waals surface area (Å²) in [5.74, 6) is 0.235. The van der Waals surface area contributed by atoms with Gasteiger partial charge in [-0.2, -0.15) is 0 Å². The Hall–Kier alpha value is -1.40. The topological polar surface area (TPSA) is 95.5 Å². The Balaban J connectivity index is 1.85. The molecule has 2 rings (SSSR count). The molecule has 0 saturated heterocycles. The number of rotatable bonds is 17. The summed E-state index contributed by atoms with van der Waals surface area (Å²) in [6, 6.07) is 11.4. The van der Waals surface area contributed by atoms with Crippen LogP contribution in [0.5, 0.6) is 11.5 Å². The molecule has 0 unspecified atom stereocenters. The van der Waals surface area contributed by atoms with Gasteiger partial charge in [-0.05, 0) is 25.1 Å². The van der Waals surface area contributed by atoms with Gasteiger partial charge in [0, 0.05) is 77.8 Å². The van der Waals surface area contributed by atoms with Crippen LogP contribution in [0.3, 0.4) is 0 Å².